The van der Waals surface area contributed by atoms with Gasteiger partial charge in [-0.05, 0) is 49.9 Å². The lowest BCUT2D eigenvalue weighted by atomic mass is 10.1. The van der Waals surface area contributed by atoms with E-state index >= 15 is 0 Å². The van der Waals surface area contributed by atoms with Crippen LogP contribution in [0.3, 0.4) is 0 Å². The topological polar surface area (TPSA) is 51.0 Å². The summed E-state index contributed by atoms with van der Waals surface area (Å²) in [4.78, 5) is 5.75. The van der Waals surface area contributed by atoms with Crippen molar-refractivity contribution in [2.45, 2.75) is 30.2 Å². The predicted molar refractivity (Wildman–Crippen MR) is 76.1 cm³/mol. The first kappa shape index (κ1) is 12.7. The van der Waals surface area contributed by atoms with Gasteiger partial charge in [-0.3, -0.25) is 0 Å². The third kappa shape index (κ3) is 2.82. The van der Waals surface area contributed by atoms with Crippen LogP contribution in [-0.4, -0.2) is 22.9 Å². The number of piperidine rings is 1. The van der Waals surface area contributed by atoms with Gasteiger partial charge >= 0.3 is 0 Å². The molecule has 0 saturated carbocycles. The van der Waals surface area contributed by atoms with E-state index in [1.807, 2.05) is 12.1 Å². The van der Waals surface area contributed by atoms with Crippen molar-refractivity contribution in [2.75, 3.05) is 12.8 Å². The van der Waals surface area contributed by atoms with E-state index in [9.17, 15) is 0 Å². The molecule has 0 amide bonds. The molecule has 0 aliphatic carbocycles. The van der Waals surface area contributed by atoms with Crippen LogP contribution in [-0.2, 0) is 0 Å². The minimum Gasteiger partial charge on any atom is -0.337 e. The summed E-state index contributed by atoms with van der Waals surface area (Å²) < 4.78 is 5.39. The minimum atomic E-state index is 0.223. The van der Waals surface area contributed by atoms with Gasteiger partial charge in [0.2, 0.25) is 11.7 Å². The number of nitrogens with one attached hydrogen (secondary N) is 1. The summed E-state index contributed by atoms with van der Waals surface area (Å²) in [5.41, 5.74) is 1.00. The van der Waals surface area contributed by atoms with Crippen molar-refractivity contribution < 1.29 is 4.52 Å². The average molecular weight is 275 g/mol. The highest BCUT2D eigenvalue weighted by Crippen LogP contribution is 2.25. The van der Waals surface area contributed by atoms with E-state index in [-0.39, 0.29) is 6.04 Å². The standard InChI is InChI=1S/C14H17N3OS/c1-19-11-7-5-10(6-8-11)13-16-14(18-17-13)12-4-2-3-9-15-12/h5-8,12,15H,2-4,9H2,1H3/t12-/m0/s1. The molecule has 0 unspecified atom stereocenters. The summed E-state index contributed by atoms with van der Waals surface area (Å²) in [6, 6.07) is 8.45. The molecule has 0 bridgehead atoms. The molecule has 1 aliphatic heterocycles. The molecule has 0 radical (unpaired) electrons. The fourth-order valence-corrected chi connectivity index (χ4v) is 2.70. The maximum atomic E-state index is 5.39. The maximum Gasteiger partial charge on any atom is 0.244 e. The number of nitrogens with zero attached hydrogens (tertiary/aromatic N) is 2. The molecule has 2 heterocycles. The number of aromatic nitrogens is 2. The Bertz CT molecular complexity index is 532. The van der Waals surface area contributed by atoms with Gasteiger partial charge in [0, 0.05) is 10.5 Å². The summed E-state index contributed by atoms with van der Waals surface area (Å²) in [7, 11) is 0. The lowest BCUT2D eigenvalue weighted by Gasteiger charge is -2.19. The first-order valence-electron chi connectivity index (χ1n) is 6.58. The van der Waals surface area contributed by atoms with Gasteiger partial charge in [0.05, 0.1) is 6.04 Å². The van der Waals surface area contributed by atoms with Crippen molar-refractivity contribution in [2.24, 2.45) is 0 Å². The molecule has 1 saturated heterocycles. The number of hydrogen-bond donors (Lipinski definition) is 1. The SMILES string of the molecule is CSc1ccc(-c2noc([C@@H]3CCCCN3)n2)cc1. The molecule has 2 aromatic rings. The van der Waals surface area contributed by atoms with E-state index in [0.717, 1.165) is 18.5 Å². The Kier molecular flexibility index (Phi) is 3.84. The van der Waals surface area contributed by atoms with Gasteiger partial charge in [-0.15, -0.1) is 11.8 Å². The second-order valence-electron chi connectivity index (χ2n) is 4.69. The molecule has 1 N–H and O–H groups in total. The molecule has 0 spiro atoms. The monoisotopic (exact) mass is 275 g/mol. The smallest absolute Gasteiger partial charge is 0.244 e. The van der Waals surface area contributed by atoms with Crippen molar-refractivity contribution in [3.63, 3.8) is 0 Å². The van der Waals surface area contributed by atoms with Crippen molar-refractivity contribution >= 4 is 11.8 Å². The predicted octanol–water partition coefficient (Wildman–Crippen LogP) is 3.27. The van der Waals surface area contributed by atoms with Crippen LogP contribution >= 0.6 is 11.8 Å². The Morgan fingerprint density at radius 1 is 1.26 bits per heavy atom. The van der Waals surface area contributed by atoms with Gasteiger partial charge in [-0.25, -0.2) is 0 Å². The minimum absolute atomic E-state index is 0.223. The molecule has 1 aromatic heterocycles. The Balaban J connectivity index is 1.79. The maximum absolute atomic E-state index is 5.39. The second-order valence-corrected chi connectivity index (χ2v) is 5.57. The van der Waals surface area contributed by atoms with Crippen LogP contribution in [0.4, 0.5) is 0 Å². The van der Waals surface area contributed by atoms with E-state index in [4.69, 9.17) is 4.52 Å². The van der Waals surface area contributed by atoms with Crippen LogP contribution in [0, 0.1) is 0 Å². The zero-order valence-corrected chi connectivity index (χ0v) is 11.7. The van der Waals surface area contributed by atoms with Crippen LogP contribution in [0.2, 0.25) is 0 Å². The van der Waals surface area contributed by atoms with E-state index in [0.29, 0.717) is 11.7 Å². The van der Waals surface area contributed by atoms with E-state index in [1.165, 1.54) is 17.7 Å². The lowest BCUT2D eigenvalue weighted by Crippen LogP contribution is -2.26. The van der Waals surface area contributed by atoms with Crippen molar-refractivity contribution in [1.29, 1.82) is 0 Å². The quantitative estimate of drug-likeness (QED) is 0.871. The molecule has 1 fully saturated rings. The first-order chi connectivity index (χ1) is 9.36. The van der Waals surface area contributed by atoms with Crippen LogP contribution < -0.4 is 5.32 Å². The zero-order chi connectivity index (χ0) is 13.1. The van der Waals surface area contributed by atoms with E-state index < -0.39 is 0 Å². The highest BCUT2D eigenvalue weighted by molar-refractivity contribution is 7.98. The summed E-state index contributed by atoms with van der Waals surface area (Å²) in [5.74, 6) is 1.39. The molecular formula is C14H17N3OS. The summed E-state index contributed by atoms with van der Waals surface area (Å²) in [6.45, 7) is 1.03. The highest BCUT2D eigenvalue weighted by Gasteiger charge is 2.21. The molecule has 1 atom stereocenters. The number of hydrogen-bond acceptors (Lipinski definition) is 5. The van der Waals surface area contributed by atoms with Crippen molar-refractivity contribution in [3.05, 3.63) is 30.2 Å². The Labute approximate surface area is 117 Å². The Hall–Kier alpha value is -1.33. The van der Waals surface area contributed by atoms with Crippen molar-refractivity contribution in [3.8, 4) is 11.4 Å². The zero-order valence-electron chi connectivity index (χ0n) is 10.9. The second kappa shape index (κ2) is 5.75. The van der Waals surface area contributed by atoms with Gasteiger partial charge in [-0.1, -0.05) is 11.6 Å². The van der Waals surface area contributed by atoms with Gasteiger partial charge in [0.1, 0.15) is 0 Å². The summed E-state index contributed by atoms with van der Waals surface area (Å²) in [5, 5.41) is 7.50. The van der Waals surface area contributed by atoms with Gasteiger partial charge in [0.25, 0.3) is 0 Å². The van der Waals surface area contributed by atoms with Crippen LogP contribution in [0.5, 0.6) is 0 Å². The molecule has 1 aliphatic rings. The van der Waals surface area contributed by atoms with Crippen LogP contribution in [0.1, 0.15) is 31.2 Å². The van der Waals surface area contributed by atoms with E-state index in [1.54, 1.807) is 11.8 Å². The highest BCUT2D eigenvalue weighted by atomic mass is 32.2. The normalized spacial score (nSPS) is 19.5. The molecule has 100 valence electrons. The van der Waals surface area contributed by atoms with Crippen LogP contribution in [0.15, 0.2) is 33.7 Å². The lowest BCUT2D eigenvalue weighted by molar-refractivity contribution is 0.297. The number of thioether (sulfide) groups is 1. The molecular weight excluding hydrogens is 258 g/mol. The fourth-order valence-electron chi connectivity index (χ4n) is 2.30. The molecule has 5 heteroatoms. The van der Waals surface area contributed by atoms with Gasteiger partial charge in [0.15, 0.2) is 0 Å². The largest absolute Gasteiger partial charge is 0.337 e. The molecule has 1 aromatic carbocycles. The molecule has 3 rings (SSSR count). The molecule has 19 heavy (non-hydrogen) atoms. The fraction of sp³-hybridized carbons (Fsp3) is 0.429. The average Bonchev–Trinajstić information content (AvgIpc) is 2.98. The molecule has 4 nitrogen and oxygen atoms in total. The van der Waals surface area contributed by atoms with Crippen LogP contribution in [0.25, 0.3) is 11.4 Å². The first-order valence-corrected chi connectivity index (χ1v) is 7.81. The number of benzene rings is 1. The third-order valence-electron chi connectivity index (χ3n) is 3.40. The Morgan fingerprint density at radius 2 is 2.11 bits per heavy atom. The van der Waals surface area contributed by atoms with Gasteiger partial charge < -0.3 is 9.84 Å². The Morgan fingerprint density at radius 3 is 2.79 bits per heavy atom. The van der Waals surface area contributed by atoms with Crippen molar-refractivity contribution in [1.82, 2.24) is 15.5 Å². The summed E-state index contributed by atoms with van der Waals surface area (Å²) in [6.07, 6.45) is 5.59. The number of rotatable bonds is 3. The summed E-state index contributed by atoms with van der Waals surface area (Å²) >= 11 is 1.73. The van der Waals surface area contributed by atoms with Gasteiger partial charge in [-0.2, -0.15) is 4.98 Å². The van der Waals surface area contributed by atoms with E-state index in [2.05, 4.69) is 33.8 Å². The third-order valence-corrected chi connectivity index (χ3v) is 4.14.